The van der Waals surface area contributed by atoms with Crippen LogP contribution in [0.15, 0.2) is 5.51 Å². The lowest BCUT2D eigenvalue weighted by molar-refractivity contribution is 0.609. The second-order valence-electron chi connectivity index (χ2n) is 4.18. The lowest BCUT2D eigenvalue weighted by Gasteiger charge is -2.21. The number of aromatic nitrogens is 3. The minimum absolute atomic E-state index is 0.487. The van der Waals surface area contributed by atoms with Gasteiger partial charge < -0.3 is 5.32 Å². The summed E-state index contributed by atoms with van der Waals surface area (Å²) in [7, 11) is 0. The molecule has 0 saturated carbocycles. The maximum Gasteiger partial charge on any atom is 0.202 e. The highest BCUT2D eigenvalue weighted by Gasteiger charge is 2.21. The van der Waals surface area contributed by atoms with Crippen molar-refractivity contribution in [1.29, 1.82) is 0 Å². The lowest BCUT2D eigenvalue weighted by atomic mass is 9.98. The fourth-order valence-corrected chi connectivity index (χ4v) is 3.68. The molecule has 1 aliphatic rings. The lowest BCUT2D eigenvalue weighted by Crippen LogP contribution is -2.26. The number of nitrogens with zero attached hydrogens (tertiary/aromatic N) is 3. The van der Waals surface area contributed by atoms with E-state index in [1.54, 1.807) is 11.3 Å². The topological polar surface area (TPSA) is 50.7 Å². The minimum atomic E-state index is 0.487. The molecule has 6 heteroatoms. The molecule has 1 N–H and O–H groups in total. The monoisotopic (exact) mass is 266 g/mol. The fraction of sp³-hybridized carbons (Fsp3) is 0.545. The molecule has 90 valence electrons. The van der Waals surface area contributed by atoms with Crippen molar-refractivity contribution in [2.45, 2.75) is 38.6 Å². The Morgan fingerprint density at radius 1 is 1.53 bits per heavy atom. The zero-order valence-electron chi connectivity index (χ0n) is 9.64. The number of fused-ring (bicyclic) bond motifs is 1. The van der Waals surface area contributed by atoms with Gasteiger partial charge in [0.1, 0.15) is 5.82 Å². The van der Waals surface area contributed by atoms with E-state index in [2.05, 4.69) is 26.6 Å². The van der Waals surface area contributed by atoms with Gasteiger partial charge in [-0.05, 0) is 12.8 Å². The number of nitrogens with one attached hydrogen (secondary N) is 1. The first-order chi connectivity index (χ1) is 8.35. The maximum atomic E-state index is 4.45. The molecule has 0 saturated heterocycles. The Bertz CT molecular complexity index is 505. The molecule has 2 aromatic rings. The van der Waals surface area contributed by atoms with Crippen LogP contribution in [0.4, 0.5) is 5.13 Å². The van der Waals surface area contributed by atoms with Crippen LogP contribution < -0.4 is 5.32 Å². The summed E-state index contributed by atoms with van der Waals surface area (Å²) < 4.78 is 4.29. The van der Waals surface area contributed by atoms with Crippen LogP contribution in [-0.2, 0) is 19.3 Å². The predicted octanol–water partition coefficient (Wildman–Crippen LogP) is 2.53. The van der Waals surface area contributed by atoms with Crippen molar-refractivity contribution in [2.24, 2.45) is 0 Å². The molecule has 1 aliphatic carbocycles. The molecule has 0 radical (unpaired) electrons. The van der Waals surface area contributed by atoms with E-state index >= 15 is 0 Å². The number of thiazole rings is 1. The Labute approximate surface area is 108 Å². The molecule has 0 amide bonds. The summed E-state index contributed by atoms with van der Waals surface area (Å²) in [6.07, 6.45) is 4.19. The SMILES string of the molecule is CCc1nsc(N[C@H]2CCc3ncsc3C2)n1. The third kappa shape index (κ3) is 2.32. The second kappa shape index (κ2) is 4.70. The molecule has 1 atom stereocenters. The number of aryl methyl sites for hydroxylation is 2. The van der Waals surface area contributed by atoms with Crippen molar-refractivity contribution in [3.05, 3.63) is 21.9 Å². The smallest absolute Gasteiger partial charge is 0.202 e. The highest BCUT2D eigenvalue weighted by molar-refractivity contribution is 7.10. The quantitative estimate of drug-likeness (QED) is 0.927. The van der Waals surface area contributed by atoms with E-state index in [1.807, 2.05) is 5.51 Å². The first-order valence-electron chi connectivity index (χ1n) is 5.85. The van der Waals surface area contributed by atoms with Crippen LogP contribution in [0.5, 0.6) is 0 Å². The van der Waals surface area contributed by atoms with Crippen LogP contribution >= 0.6 is 22.9 Å². The largest absolute Gasteiger partial charge is 0.357 e. The van der Waals surface area contributed by atoms with Crippen LogP contribution in [-0.4, -0.2) is 20.4 Å². The van der Waals surface area contributed by atoms with Crippen molar-refractivity contribution in [1.82, 2.24) is 14.3 Å². The van der Waals surface area contributed by atoms with Crippen molar-refractivity contribution < 1.29 is 0 Å². The standard InChI is InChI=1S/C11H14N4S2/c1-2-10-14-11(17-15-10)13-7-3-4-8-9(5-7)16-6-12-8/h6-7H,2-5H2,1H3,(H,13,14,15)/t7-/m0/s1. The minimum Gasteiger partial charge on any atom is -0.357 e. The van der Waals surface area contributed by atoms with Gasteiger partial charge in [0.15, 0.2) is 0 Å². The van der Waals surface area contributed by atoms with Gasteiger partial charge in [-0.2, -0.15) is 4.37 Å². The summed E-state index contributed by atoms with van der Waals surface area (Å²) in [4.78, 5) is 10.3. The molecule has 0 bridgehead atoms. The van der Waals surface area contributed by atoms with E-state index in [-0.39, 0.29) is 0 Å². The van der Waals surface area contributed by atoms with Crippen molar-refractivity contribution >= 4 is 28.0 Å². The Kier molecular flexibility index (Phi) is 3.07. The third-order valence-electron chi connectivity index (χ3n) is 3.00. The molecule has 0 spiro atoms. The van der Waals surface area contributed by atoms with Crippen molar-refractivity contribution in [2.75, 3.05) is 5.32 Å². The summed E-state index contributed by atoms with van der Waals surface area (Å²) >= 11 is 3.23. The van der Waals surface area contributed by atoms with Crippen LogP contribution in [0, 0.1) is 0 Å². The van der Waals surface area contributed by atoms with Gasteiger partial charge >= 0.3 is 0 Å². The number of anilines is 1. The fourth-order valence-electron chi connectivity index (χ4n) is 2.05. The average molecular weight is 266 g/mol. The molecule has 2 aromatic heterocycles. The van der Waals surface area contributed by atoms with E-state index in [0.717, 1.165) is 36.6 Å². The Balaban J connectivity index is 1.67. The number of hydrogen-bond donors (Lipinski definition) is 1. The van der Waals surface area contributed by atoms with Gasteiger partial charge in [-0.15, -0.1) is 11.3 Å². The number of hydrogen-bond acceptors (Lipinski definition) is 6. The summed E-state index contributed by atoms with van der Waals surface area (Å²) in [6, 6.07) is 0.487. The molecule has 17 heavy (non-hydrogen) atoms. The van der Waals surface area contributed by atoms with Crippen LogP contribution in [0.2, 0.25) is 0 Å². The van der Waals surface area contributed by atoms with Gasteiger partial charge in [-0.25, -0.2) is 9.97 Å². The Hall–Kier alpha value is -1.01. The van der Waals surface area contributed by atoms with Gasteiger partial charge in [-0.3, -0.25) is 0 Å². The second-order valence-corrected chi connectivity index (χ2v) is 5.87. The Morgan fingerprint density at radius 2 is 2.47 bits per heavy atom. The first kappa shape index (κ1) is 11.1. The zero-order chi connectivity index (χ0) is 11.7. The van der Waals surface area contributed by atoms with E-state index in [9.17, 15) is 0 Å². The van der Waals surface area contributed by atoms with E-state index in [0.29, 0.717) is 6.04 Å². The summed E-state index contributed by atoms with van der Waals surface area (Å²) in [5.74, 6) is 0.937. The molecular weight excluding hydrogens is 252 g/mol. The molecule has 0 aromatic carbocycles. The summed E-state index contributed by atoms with van der Waals surface area (Å²) in [5, 5.41) is 4.45. The van der Waals surface area contributed by atoms with Crippen molar-refractivity contribution in [3.63, 3.8) is 0 Å². The molecule has 2 heterocycles. The molecule has 3 rings (SSSR count). The van der Waals surface area contributed by atoms with Gasteiger partial charge in [0.05, 0.1) is 11.2 Å². The van der Waals surface area contributed by atoms with Crippen LogP contribution in [0.25, 0.3) is 0 Å². The van der Waals surface area contributed by atoms with E-state index < -0.39 is 0 Å². The predicted molar refractivity (Wildman–Crippen MR) is 70.8 cm³/mol. The van der Waals surface area contributed by atoms with Crippen LogP contribution in [0.3, 0.4) is 0 Å². The molecule has 4 nitrogen and oxygen atoms in total. The molecule has 0 unspecified atom stereocenters. The normalized spacial score (nSPS) is 19.0. The summed E-state index contributed by atoms with van der Waals surface area (Å²) in [5.41, 5.74) is 3.24. The zero-order valence-corrected chi connectivity index (χ0v) is 11.3. The van der Waals surface area contributed by atoms with Crippen molar-refractivity contribution in [3.8, 4) is 0 Å². The molecule has 0 aliphatic heterocycles. The summed E-state index contributed by atoms with van der Waals surface area (Å²) in [6.45, 7) is 2.08. The maximum absolute atomic E-state index is 4.45. The third-order valence-corrected chi connectivity index (χ3v) is 4.58. The number of rotatable bonds is 3. The van der Waals surface area contributed by atoms with Gasteiger partial charge in [-0.1, -0.05) is 6.92 Å². The first-order valence-corrected chi connectivity index (χ1v) is 7.51. The van der Waals surface area contributed by atoms with Gasteiger partial charge in [0.25, 0.3) is 0 Å². The van der Waals surface area contributed by atoms with Gasteiger partial charge in [0.2, 0.25) is 5.13 Å². The highest BCUT2D eigenvalue weighted by atomic mass is 32.1. The highest BCUT2D eigenvalue weighted by Crippen LogP contribution is 2.26. The van der Waals surface area contributed by atoms with E-state index in [4.69, 9.17) is 0 Å². The molecular formula is C11H14N4S2. The van der Waals surface area contributed by atoms with Crippen LogP contribution in [0.1, 0.15) is 29.7 Å². The Morgan fingerprint density at radius 3 is 3.29 bits per heavy atom. The van der Waals surface area contributed by atoms with Gasteiger partial charge in [0, 0.05) is 35.3 Å². The molecule has 0 fully saturated rings. The average Bonchev–Trinajstić information content (AvgIpc) is 2.96. The van der Waals surface area contributed by atoms with E-state index in [1.165, 1.54) is 22.1 Å².